The highest BCUT2D eigenvalue weighted by atomic mass is 16.5. The van der Waals surface area contributed by atoms with Crippen molar-refractivity contribution in [2.75, 3.05) is 11.9 Å². The first-order chi connectivity index (χ1) is 14.7. The first-order valence-electron chi connectivity index (χ1n) is 9.75. The standard InChI is InChI=1S/C24H21N3O3/c28-23(16-21-18-10-5-7-13-22(18)30-27-21)26-20-12-6-4-11-19(20)24(29)25-15-14-17-8-2-1-3-9-17/h1-13H,14-16H2,(H,25,29)(H,26,28). The number of carbonyl (C=O) groups excluding carboxylic acids is 2. The fourth-order valence-electron chi connectivity index (χ4n) is 3.26. The van der Waals surface area contributed by atoms with Gasteiger partial charge in [0.2, 0.25) is 5.91 Å². The Balaban J connectivity index is 1.39. The predicted molar refractivity (Wildman–Crippen MR) is 115 cm³/mol. The van der Waals surface area contributed by atoms with Crippen LogP contribution in [0.15, 0.2) is 83.4 Å². The van der Waals surface area contributed by atoms with Crippen LogP contribution >= 0.6 is 0 Å². The molecule has 0 bridgehead atoms. The zero-order chi connectivity index (χ0) is 20.8. The molecule has 4 aromatic rings. The van der Waals surface area contributed by atoms with Gasteiger partial charge in [-0.3, -0.25) is 9.59 Å². The minimum absolute atomic E-state index is 0.0565. The molecular weight excluding hydrogens is 378 g/mol. The summed E-state index contributed by atoms with van der Waals surface area (Å²) in [6.07, 6.45) is 0.793. The number of nitrogens with one attached hydrogen (secondary N) is 2. The molecule has 6 nitrogen and oxygen atoms in total. The molecule has 0 radical (unpaired) electrons. The van der Waals surface area contributed by atoms with Gasteiger partial charge in [0, 0.05) is 11.9 Å². The largest absolute Gasteiger partial charge is 0.356 e. The van der Waals surface area contributed by atoms with E-state index in [2.05, 4.69) is 15.8 Å². The van der Waals surface area contributed by atoms with Crippen molar-refractivity contribution in [1.29, 1.82) is 0 Å². The predicted octanol–water partition coefficient (Wildman–Crippen LogP) is 3.98. The second-order valence-electron chi connectivity index (χ2n) is 6.89. The Morgan fingerprint density at radius 2 is 1.60 bits per heavy atom. The molecule has 2 amide bonds. The van der Waals surface area contributed by atoms with E-state index in [4.69, 9.17) is 4.52 Å². The second kappa shape index (κ2) is 9.05. The van der Waals surface area contributed by atoms with Gasteiger partial charge >= 0.3 is 0 Å². The molecule has 6 heteroatoms. The van der Waals surface area contributed by atoms with Crippen molar-refractivity contribution in [2.24, 2.45) is 0 Å². The highest BCUT2D eigenvalue weighted by Crippen LogP contribution is 2.20. The fourth-order valence-corrected chi connectivity index (χ4v) is 3.26. The fraction of sp³-hybridized carbons (Fsp3) is 0.125. The number of benzene rings is 3. The first-order valence-corrected chi connectivity index (χ1v) is 9.75. The quantitative estimate of drug-likeness (QED) is 0.492. The van der Waals surface area contributed by atoms with Gasteiger partial charge in [-0.1, -0.05) is 59.8 Å². The third-order valence-corrected chi connectivity index (χ3v) is 4.77. The molecule has 0 saturated heterocycles. The topological polar surface area (TPSA) is 84.2 Å². The number of amides is 2. The Morgan fingerprint density at radius 1 is 0.867 bits per heavy atom. The summed E-state index contributed by atoms with van der Waals surface area (Å²) in [4.78, 5) is 25.2. The van der Waals surface area contributed by atoms with Gasteiger partial charge in [0.15, 0.2) is 5.58 Å². The minimum atomic E-state index is -0.265. The van der Waals surface area contributed by atoms with Crippen LogP contribution in [-0.4, -0.2) is 23.5 Å². The van der Waals surface area contributed by atoms with Crippen LogP contribution in [0.4, 0.5) is 5.69 Å². The van der Waals surface area contributed by atoms with Crippen LogP contribution in [0.5, 0.6) is 0 Å². The molecule has 1 aromatic heterocycles. The SMILES string of the molecule is O=C(Cc1noc2ccccc12)Nc1ccccc1C(=O)NCCc1ccccc1. The minimum Gasteiger partial charge on any atom is -0.356 e. The molecule has 0 saturated carbocycles. The summed E-state index contributed by atoms with van der Waals surface area (Å²) in [6, 6.07) is 24.3. The normalized spacial score (nSPS) is 10.7. The highest BCUT2D eigenvalue weighted by molar-refractivity contribution is 6.04. The van der Waals surface area contributed by atoms with Crippen molar-refractivity contribution < 1.29 is 14.1 Å². The number of rotatable bonds is 7. The van der Waals surface area contributed by atoms with Gasteiger partial charge < -0.3 is 15.2 Å². The Bertz CT molecular complexity index is 1170. The summed E-state index contributed by atoms with van der Waals surface area (Å²) in [7, 11) is 0. The zero-order valence-electron chi connectivity index (χ0n) is 16.3. The lowest BCUT2D eigenvalue weighted by Crippen LogP contribution is -2.27. The number of nitrogens with zero attached hydrogens (tertiary/aromatic N) is 1. The molecule has 0 atom stereocenters. The number of anilines is 1. The molecule has 0 fully saturated rings. The van der Waals surface area contributed by atoms with Gasteiger partial charge in [-0.25, -0.2) is 0 Å². The van der Waals surface area contributed by atoms with E-state index in [1.54, 1.807) is 30.3 Å². The van der Waals surface area contributed by atoms with Crippen molar-refractivity contribution in [3.05, 3.63) is 95.7 Å². The van der Waals surface area contributed by atoms with Crippen molar-refractivity contribution in [3.8, 4) is 0 Å². The first kappa shape index (κ1) is 19.4. The van der Waals surface area contributed by atoms with Crippen LogP contribution in [-0.2, 0) is 17.6 Å². The number of carbonyl (C=O) groups is 2. The Morgan fingerprint density at radius 3 is 2.47 bits per heavy atom. The summed E-state index contributed by atoms with van der Waals surface area (Å²) >= 11 is 0. The highest BCUT2D eigenvalue weighted by Gasteiger charge is 2.16. The summed E-state index contributed by atoms with van der Waals surface area (Å²) < 4.78 is 5.25. The van der Waals surface area contributed by atoms with E-state index in [-0.39, 0.29) is 18.2 Å². The van der Waals surface area contributed by atoms with Gasteiger partial charge in [0.1, 0.15) is 5.69 Å². The van der Waals surface area contributed by atoms with E-state index < -0.39 is 0 Å². The van der Waals surface area contributed by atoms with Gasteiger partial charge in [0.25, 0.3) is 5.91 Å². The van der Waals surface area contributed by atoms with Gasteiger partial charge in [-0.15, -0.1) is 0 Å². The molecule has 150 valence electrons. The number of aromatic nitrogens is 1. The van der Waals surface area contributed by atoms with Crippen LogP contribution in [0, 0.1) is 0 Å². The summed E-state index contributed by atoms with van der Waals surface area (Å²) in [5, 5.41) is 10.5. The molecule has 0 aliphatic heterocycles. The van der Waals surface area contributed by atoms with Crippen molar-refractivity contribution in [2.45, 2.75) is 12.8 Å². The van der Waals surface area contributed by atoms with E-state index >= 15 is 0 Å². The number of hydrogen-bond donors (Lipinski definition) is 2. The van der Waals surface area contributed by atoms with E-state index in [9.17, 15) is 9.59 Å². The summed E-state index contributed by atoms with van der Waals surface area (Å²) in [5.41, 5.74) is 3.24. The maximum absolute atomic E-state index is 12.6. The molecule has 0 aliphatic carbocycles. The Hall–Kier alpha value is -3.93. The zero-order valence-corrected chi connectivity index (χ0v) is 16.3. The molecule has 0 unspecified atom stereocenters. The van der Waals surface area contributed by atoms with E-state index in [1.807, 2.05) is 48.5 Å². The monoisotopic (exact) mass is 399 g/mol. The molecule has 30 heavy (non-hydrogen) atoms. The Labute approximate surface area is 173 Å². The lowest BCUT2D eigenvalue weighted by atomic mass is 10.1. The molecule has 4 rings (SSSR count). The maximum atomic E-state index is 12.6. The van der Waals surface area contributed by atoms with Crippen LogP contribution in [0.25, 0.3) is 11.0 Å². The Kier molecular flexibility index (Phi) is 5.85. The van der Waals surface area contributed by atoms with Crippen LogP contribution in [0.3, 0.4) is 0 Å². The molecule has 2 N–H and O–H groups in total. The van der Waals surface area contributed by atoms with Gasteiger partial charge in [-0.05, 0) is 36.2 Å². The average molecular weight is 399 g/mol. The lowest BCUT2D eigenvalue weighted by Gasteiger charge is -2.11. The molecule has 3 aromatic carbocycles. The van der Waals surface area contributed by atoms with Crippen LogP contribution in [0.2, 0.25) is 0 Å². The molecule has 0 aliphatic rings. The maximum Gasteiger partial charge on any atom is 0.253 e. The molecule has 1 heterocycles. The average Bonchev–Trinajstić information content (AvgIpc) is 3.17. The third kappa shape index (κ3) is 4.55. The number of fused-ring (bicyclic) bond motifs is 1. The second-order valence-corrected chi connectivity index (χ2v) is 6.89. The van der Waals surface area contributed by atoms with Gasteiger partial charge in [-0.2, -0.15) is 0 Å². The number of para-hydroxylation sites is 2. The summed E-state index contributed by atoms with van der Waals surface area (Å²) in [6.45, 7) is 0.510. The number of hydrogen-bond acceptors (Lipinski definition) is 4. The lowest BCUT2D eigenvalue weighted by molar-refractivity contribution is -0.115. The molecule has 0 spiro atoms. The smallest absolute Gasteiger partial charge is 0.253 e. The van der Waals surface area contributed by atoms with Crippen molar-refractivity contribution >= 4 is 28.5 Å². The van der Waals surface area contributed by atoms with Crippen molar-refractivity contribution in [1.82, 2.24) is 10.5 Å². The van der Waals surface area contributed by atoms with E-state index in [1.165, 1.54) is 0 Å². The van der Waals surface area contributed by atoms with Crippen LogP contribution < -0.4 is 10.6 Å². The van der Waals surface area contributed by atoms with Crippen LogP contribution in [0.1, 0.15) is 21.6 Å². The molecular formula is C24H21N3O3. The van der Waals surface area contributed by atoms with Crippen molar-refractivity contribution in [3.63, 3.8) is 0 Å². The van der Waals surface area contributed by atoms with E-state index in [0.29, 0.717) is 29.1 Å². The van der Waals surface area contributed by atoms with Gasteiger partial charge in [0.05, 0.1) is 17.7 Å². The summed E-state index contributed by atoms with van der Waals surface area (Å²) in [5.74, 6) is -0.493. The third-order valence-electron chi connectivity index (χ3n) is 4.77. The van der Waals surface area contributed by atoms with E-state index in [0.717, 1.165) is 17.4 Å².